The number of benzene rings is 1. The lowest BCUT2D eigenvalue weighted by atomic mass is 10.0. The molecule has 1 aliphatic rings. The summed E-state index contributed by atoms with van der Waals surface area (Å²) in [6.07, 6.45) is 2.90. The number of hydrogen-bond donors (Lipinski definition) is 1. The van der Waals surface area contributed by atoms with Gasteiger partial charge in [-0.05, 0) is 50.5 Å². The molecule has 0 saturated carbocycles. The van der Waals surface area contributed by atoms with Crippen molar-refractivity contribution in [3.63, 3.8) is 0 Å². The van der Waals surface area contributed by atoms with Gasteiger partial charge in [-0.15, -0.1) is 0 Å². The van der Waals surface area contributed by atoms with Crippen LogP contribution < -0.4 is 0 Å². The van der Waals surface area contributed by atoms with E-state index in [9.17, 15) is 9.59 Å². The average molecular weight is 362 g/mol. The summed E-state index contributed by atoms with van der Waals surface area (Å²) in [6, 6.07) is 5.41. The number of piperidine rings is 1. The lowest BCUT2D eigenvalue weighted by molar-refractivity contribution is 0.0687. The van der Waals surface area contributed by atoms with E-state index in [1.54, 1.807) is 29.8 Å². The predicted octanol–water partition coefficient (Wildman–Crippen LogP) is 3.33. The van der Waals surface area contributed by atoms with Crippen LogP contribution in [0.5, 0.6) is 0 Å². The van der Waals surface area contributed by atoms with Gasteiger partial charge in [-0.3, -0.25) is 9.48 Å². The van der Waals surface area contributed by atoms with Crippen LogP contribution in [0.15, 0.2) is 24.4 Å². The summed E-state index contributed by atoms with van der Waals surface area (Å²) in [4.78, 5) is 25.7. The highest BCUT2D eigenvalue weighted by atomic mass is 35.5. The van der Waals surface area contributed by atoms with E-state index in [1.165, 1.54) is 6.20 Å². The van der Waals surface area contributed by atoms with Gasteiger partial charge in [0.15, 0.2) is 0 Å². The first-order chi connectivity index (χ1) is 11.9. The van der Waals surface area contributed by atoms with Crippen molar-refractivity contribution in [2.75, 3.05) is 13.1 Å². The zero-order valence-corrected chi connectivity index (χ0v) is 15.0. The van der Waals surface area contributed by atoms with Crippen molar-refractivity contribution < 1.29 is 14.7 Å². The van der Waals surface area contributed by atoms with Gasteiger partial charge in [0.2, 0.25) is 0 Å². The van der Waals surface area contributed by atoms with Crippen molar-refractivity contribution >= 4 is 23.5 Å². The topological polar surface area (TPSA) is 75.4 Å². The summed E-state index contributed by atoms with van der Waals surface area (Å²) in [5.41, 5.74) is 2.43. The Kier molecular flexibility index (Phi) is 4.81. The molecule has 1 fully saturated rings. The van der Waals surface area contributed by atoms with E-state index in [0.717, 1.165) is 18.4 Å². The van der Waals surface area contributed by atoms with Crippen molar-refractivity contribution in [2.24, 2.45) is 0 Å². The molecule has 25 heavy (non-hydrogen) atoms. The summed E-state index contributed by atoms with van der Waals surface area (Å²) in [7, 11) is 0. The first-order valence-corrected chi connectivity index (χ1v) is 8.59. The Morgan fingerprint density at radius 2 is 1.88 bits per heavy atom. The van der Waals surface area contributed by atoms with Gasteiger partial charge in [0, 0.05) is 23.7 Å². The van der Waals surface area contributed by atoms with E-state index in [4.69, 9.17) is 16.7 Å². The molecule has 0 atom stereocenters. The van der Waals surface area contributed by atoms with Crippen molar-refractivity contribution in [3.05, 3.63) is 51.8 Å². The monoisotopic (exact) mass is 361 g/mol. The van der Waals surface area contributed by atoms with Crippen LogP contribution in [0.3, 0.4) is 0 Å². The maximum atomic E-state index is 12.7. The summed E-state index contributed by atoms with van der Waals surface area (Å²) in [6.45, 7) is 4.89. The summed E-state index contributed by atoms with van der Waals surface area (Å²) >= 11 is 5.96. The second-order valence-corrected chi connectivity index (χ2v) is 6.81. The number of aromatic carboxylic acids is 1. The highest BCUT2D eigenvalue weighted by molar-refractivity contribution is 6.30. The molecular formula is C18H20ClN3O3. The third-order valence-corrected chi connectivity index (χ3v) is 5.03. The SMILES string of the molecule is Cc1cc(Cl)ccc1C(=O)N1CCC(n2ncc(C(=O)O)c2C)CC1. The van der Waals surface area contributed by atoms with E-state index in [1.807, 2.05) is 11.8 Å². The van der Waals surface area contributed by atoms with Crippen molar-refractivity contribution in [1.82, 2.24) is 14.7 Å². The lowest BCUT2D eigenvalue weighted by Gasteiger charge is -2.33. The molecule has 132 valence electrons. The molecular weight excluding hydrogens is 342 g/mol. The van der Waals surface area contributed by atoms with E-state index in [2.05, 4.69) is 5.10 Å². The fourth-order valence-corrected chi connectivity index (χ4v) is 3.58. The van der Waals surface area contributed by atoms with Gasteiger partial charge in [-0.25, -0.2) is 4.79 Å². The smallest absolute Gasteiger partial charge is 0.339 e. The average Bonchev–Trinajstić information content (AvgIpc) is 2.96. The highest BCUT2D eigenvalue weighted by Gasteiger charge is 2.27. The van der Waals surface area contributed by atoms with Crippen molar-refractivity contribution in [1.29, 1.82) is 0 Å². The van der Waals surface area contributed by atoms with E-state index < -0.39 is 5.97 Å². The molecule has 1 aromatic carbocycles. The molecule has 0 bridgehead atoms. The Bertz CT molecular complexity index is 823. The van der Waals surface area contributed by atoms with Crippen LogP contribution in [0.4, 0.5) is 0 Å². The molecule has 0 unspecified atom stereocenters. The first kappa shape index (κ1) is 17.5. The third kappa shape index (κ3) is 3.39. The van der Waals surface area contributed by atoms with Crippen LogP contribution >= 0.6 is 11.6 Å². The van der Waals surface area contributed by atoms with Crippen LogP contribution in [0, 0.1) is 13.8 Å². The zero-order valence-electron chi connectivity index (χ0n) is 14.2. The molecule has 0 radical (unpaired) electrons. The van der Waals surface area contributed by atoms with Gasteiger partial charge < -0.3 is 10.0 Å². The third-order valence-electron chi connectivity index (χ3n) is 4.79. The molecule has 2 heterocycles. The number of amides is 1. The Hall–Kier alpha value is -2.34. The number of aryl methyl sites for hydroxylation is 1. The minimum absolute atomic E-state index is 0.0102. The van der Waals surface area contributed by atoms with Gasteiger partial charge >= 0.3 is 5.97 Å². The van der Waals surface area contributed by atoms with Crippen LogP contribution in [0.1, 0.15) is 50.9 Å². The molecule has 0 spiro atoms. The van der Waals surface area contributed by atoms with Gasteiger partial charge in [0.1, 0.15) is 5.56 Å². The Morgan fingerprint density at radius 1 is 1.20 bits per heavy atom. The molecule has 6 nitrogen and oxygen atoms in total. The summed E-state index contributed by atoms with van der Waals surface area (Å²) < 4.78 is 1.78. The Morgan fingerprint density at radius 3 is 2.44 bits per heavy atom. The normalized spacial score (nSPS) is 15.4. The Balaban J connectivity index is 1.69. The maximum absolute atomic E-state index is 12.7. The van der Waals surface area contributed by atoms with E-state index >= 15 is 0 Å². The van der Waals surface area contributed by atoms with Gasteiger partial charge in [0.05, 0.1) is 17.9 Å². The number of aromatic nitrogens is 2. The number of carboxylic acid groups (broad SMARTS) is 1. The number of carboxylic acids is 1. The molecule has 3 rings (SSSR count). The molecule has 1 aromatic heterocycles. The number of hydrogen-bond acceptors (Lipinski definition) is 3. The summed E-state index contributed by atoms with van der Waals surface area (Å²) in [5.74, 6) is -0.953. The van der Waals surface area contributed by atoms with Crippen molar-refractivity contribution in [3.8, 4) is 0 Å². The molecule has 2 aromatic rings. The summed E-state index contributed by atoms with van der Waals surface area (Å²) in [5, 5.41) is 14.0. The van der Waals surface area contributed by atoms with Gasteiger partial charge in [0.25, 0.3) is 5.91 Å². The molecule has 0 aliphatic carbocycles. The lowest BCUT2D eigenvalue weighted by Crippen LogP contribution is -2.39. The van der Waals surface area contributed by atoms with Crippen molar-refractivity contribution in [2.45, 2.75) is 32.7 Å². The number of carbonyl (C=O) groups excluding carboxylic acids is 1. The predicted molar refractivity (Wildman–Crippen MR) is 94.3 cm³/mol. The number of rotatable bonds is 3. The zero-order chi connectivity index (χ0) is 18.1. The molecule has 1 aliphatic heterocycles. The minimum Gasteiger partial charge on any atom is -0.478 e. The molecule has 7 heteroatoms. The fraction of sp³-hybridized carbons (Fsp3) is 0.389. The molecule has 1 amide bonds. The standard InChI is InChI=1S/C18H20ClN3O3/c1-11-9-13(19)3-4-15(11)17(23)21-7-5-14(6-8-21)22-12(2)16(10-20-22)18(24)25/h3-4,9-10,14H,5-8H2,1-2H3,(H,24,25). The molecule has 1 N–H and O–H groups in total. The number of nitrogens with zero attached hydrogens (tertiary/aromatic N) is 3. The number of carbonyl (C=O) groups is 2. The Labute approximate surface area is 151 Å². The largest absolute Gasteiger partial charge is 0.478 e. The van der Waals surface area contributed by atoms with Crippen LogP contribution in [-0.4, -0.2) is 44.8 Å². The fourth-order valence-electron chi connectivity index (χ4n) is 3.35. The van der Waals surface area contributed by atoms with Crippen LogP contribution in [-0.2, 0) is 0 Å². The minimum atomic E-state index is -0.963. The van der Waals surface area contributed by atoms with E-state index in [-0.39, 0.29) is 17.5 Å². The van der Waals surface area contributed by atoms with Gasteiger partial charge in [-0.2, -0.15) is 5.10 Å². The highest BCUT2D eigenvalue weighted by Crippen LogP contribution is 2.26. The second kappa shape index (κ2) is 6.88. The quantitative estimate of drug-likeness (QED) is 0.909. The number of halogens is 1. The first-order valence-electron chi connectivity index (χ1n) is 8.21. The van der Waals surface area contributed by atoms with Gasteiger partial charge in [-0.1, -0.05) is 11.6 Å². The van der Waals surface area contributed by atoms with E-state index in [0.29, 0.717) is 29.4 Å². The number of likely N-dealkylation sites (tertiary alicyclic amines) is 1. The second-order valence-electron chi connectivity index (χ2n) is 6.38. The van der Waals surface area contributed by atoms with Crippen LogP contribution in [0.25, 0.3) is 0 Å². The maximum Gasteiger partial charge on any atom is 0.339 e. The molecule has 1 saturated heterocycles. The van der Waals surface area contributed by atoms with Crippen LogP contribution in [0.2, 0.25) is 5.02 Å².